The lowest BCUT2D eigenvalue weighted by Gasteiger charge is -2.19. The summed E-state index contributed by atoms with van der Waals surface area (Å²) in [6.07, 6.45) is 1.56. The van der Waals surface area contributed by atoms with E-state index >= 15 is 0 Å². The van der Waals surface area contributed by atoms with Crippen LogP contribution in [0.25, 0.3) is 15.9 Å². The van der Waals surface area contributed by atoms with Crippen LogP contribution in [-0.2, 0) is 0 Å². The van der Waals surface area contributed by atoms with E-state index in [9.17, 15) is 19.7 Å². The first-order chi connectivity index (χ1) is 16.3. The molecule has 1 amide bonds. The van der Waals surface area contributed by atoms with Gasteiger partial charge < -0.3 is 0 Å². The zero-order valence-corrected chi connectivity index (χ0v) is 19.8. The zero-order chi connectivity index (χ0) is 24.4. The molecule has 4 aromatic rings. The molecular weight excluding hydrogens is 454 g/mol. The van der Waals surface area contributed by atoms with Gasteiger partial charge in [-0.2, -0.15) is 5.10 Å². The summed E-state index contributed by atoms with van der Waals surface area (Å²) < 4.78 is 2.21. The Labute approximate surface area is 199 Å². The topological polar surface area (TPSA) is 111 Å². The smallest absolute Gasteiger partial charge is 0.287 e. The Morgan fingerprint density at radius 2 is 1.94 bits per heavy atom. The second kappa shape index (κ2) is 9.52. The molecule has 34 heavy (non-hydrogen) atoms. The van der Waals surface area contributed by atoms with Gasteiger partial charge in [0.25, 0.3) is 11.6 Å². The van der Waals surface area contributed by atoms with E-state index in [0.717, 1.165) is 22.2 Å². The van der Waals surface area contributed by atoms with Gasteiger partial charge in [0, 0.05) is 24.4 Å². The van der Waals surface area contributed by atoms with Crippen molar-refractivity contribution >= 4 is 38.3 Å². The van der Waals surface area contributed by atoms with E-state index in [-0.39, 0.29) is 17.1 Å². The summed E-state index contributed by atoms with van der Waals surface area (Å²) in [6.45, 7) is 5.98. The molecule has 0 N–H and O–H groups in total. The van der Waals surface area contributed by atoms with Crippen LogP contribution in [0.2, 0.25) is 0 Å². The van der Waals surface area contributed by atoms with Crippen LogP contribution in [0.15, 0.2) is 53.3 Å². The van der Waals surface area contributed by atoms with E-state index < -0.39 is 16.3 Å². The van der Waals surface area contributed by atoms with Crippen LogP contribution < -0.4 is 10.3 Å². The zero-order valence-electron chi connectivity index (χ0n) is 19.0. The lowest BCUT2D eigenvalue weighted by molar-refractivity contribution is -0.384. The first-order valence-electron chi connectivity index (χ1n) is 10.8. The highest BCUT2D eigenvalue weighted by Gasteiger charge is 2.26. The van der Waals surface area contributed by atoms with Crippen molar-refractivity contribution in [2.75, 3.05) is 11.4 Å². The second-order valence-electron chi connectivity index (χ2n) is 7.93. The van der Waals surface area contributed by atoms with E-state index in [1.54, 1.807) is 19.1 Å². The molecule has 9 nitrogen and oxygen atoms in total. The Kier molecular flexibility index (Phi) is 6.51. The first-order valence-corrected chi connectivity index (χ1v) is 11.7. The number of thiazole rings is 1. The molecular formula is C24H23N5O4S. The highest BCUT2D eigenvalue weighted by Crippen LogP contribution is 2.30. The molecule has 0 saturated heterocycles. The Bertz CT molecular complexity index is 1460. The van der Waals surface area contributed by atoms with Gasteiger partial charge in [0.2, 0.25) is 5.43 Å². The Hall–Kier alpha value is -3.92. The molecule has 4 rings (SSSR count). The monoisotopic (exact) mass is 477 g/mol. The van der Waals surface area contributed by atoms with Gasteiger partial charge in [-0.3, -0.25) is 24.6 Å². The summed E-state index contributed by atoms with van der Waals surface area (Å²) in [5.74, 6) is -0.582. The predicted molar refractivity (Wildman–Crippen MR) is 132 cm³/mol. The number of anilines is 1. The summed E-state index contributed by atoms with van der Waals surface area (Å²) in [5.41, 5.74) is 1.38. The minimum absolute atomic E-state index is 0.176. The molecule has 0 aliphatic rings. The summed E-state index contributed by atoms with van der Waals surface area (Å²) in [5, 5.41) is 16.3. The van der Waals surface area contributed by atoms with Gasteiger partial charge in [0.15, 0.2) is 10.8 Å². The normalized spacial score (nSPS) is 11.0. The molecule has 2 aromatic heterocycles. The number of amides is 1. The maximum absolute atomic E-state index is 13.6. The third-order valence-corrected chi connectivity index (χ3v) is 6.40. The number of benzene rings is 2. The number of carbonyl (C=O) groups is 1. The number of para-hydroxylation sites is 2. The quantitative estimate of drug-likeness (QED) is 0.279. The number of rotatable bonds is 7. The number of unbranched alkanes of at least 4 members (excludes halogenated alkanes) is 1. The average Bonchev–Trinajstić information content (AvgIpc) is 3.22. The van der Waals surface area contributed by atoms with Crippen LogP contribution in [0.5, 0.6) is 0 Å². The minimum Gasteiger partial charge on any atom is -0.287 e. The van der Waals surface area contributed by atoms with Crippen LogP contribution in [0.1, 0.15) is 41.5 Å². The molecule has 174 valence electrons. The predicted octanol–water partition coefficient (Wildman–Crippen LogP) is 4.81. The molecule has 0 spiro atoms. The van der Waals surface area contributed by atoms with Crippen LogP contribution in [0.4, 0.5) is 10.8 Å². The molecule has 0 bridgehead atoms. The number of aryl methyl sites for hydroxylation is 2. The van der Waals surface area contributed by atoms with Crippen molar-refractivity contribution in [1.29, 1.82) is 0 Å². The van der Waals surface area contributed by atoms with Crippen molar-refractivity contribution in [2.45, 2.75) is 33.6 Å². The maximum Gasteiger partial charge on any atom is 0.294 e. The van der Waals surface area contributed by atoms with Crippen molar-refractivity contribution in [3.05, 3.63) is 85.8 Å². The van der Waals surface area contributed by atoms with E-state index in [0.29, 0.717) is 23.8 Å². The van der Waals surface area contributed by atoms with E-state index in [1.165, 1.54) is 39.1 Å². The molecule has 10 heteroatoms. The summed E-state index contributed by atoms with van der Waals surface area (Å²) in [6, 6.07) is 13.2. The number of carbonyl (C=O) groups excluding carboxylic acids is 1. The van der Waals surface area contributed by atoms with Crippen LogP contribution in [-0.4, -0.2) is 32.1 Å². The third kappa shape index (κ3) is 4.44. The van der Waals surface area contributed by atoms with Gasteiger partial charge >= 0.3 is 0 Å². The molecule has 0 saturated carbocycles. The van der Waals surface area contributed by atoms with E-state index in [1.807, 2.05) is 32.0 Å². The number of nitro benzene ring substituents is 1. The Morgan fingerprint density at radius 1 is 1.18 bits per heavy atom. The fourth-order valence-corrected chi connectivity index (χ4v) is 4.69. The molecule has 0 unspecified atom stereocenters. The number of nitrogens with zero attached hydrogens (tertiary/aromatic N) is 5. The maximum atomic E-state index is 13.6. The number of aromatic nitrogens is 3. The van der Waals surface area contributed by atoms with Gasteiger partial charge in [0.05, 0.1) is 15.1 Å². The van der Waals surface area contributed by atoms with Gasteiger partial charge in [-0.1, -0.05) is 42.9 Å². The number of fused-ring (bicyclic) bond motifs is 1. The minimum atomic E-state index is -0.582. The van der Waals surface area contributed by atoms with Crippen molar-refractivity contribution < 1.29 is 9.72 Å². The largest absolute Gasteiger partial charge is 0.294 e. The molecule has 2 aromatic carbocycles. The fraction of sp³-hybridized carbons (Fsp3) is 0.250. The van der Waals surface area contributed by atoms with Crippen molar-refractivity contribution in [3.63, 3.8) is 0 Å². The van der Waals surface area contributed by atoms with E-state index in [2.05, 4.69) is 10.1 Å². The number of nitro groups is 1. The fourth-order valence-electron chi connectivity index (χ4n) is 3.60. The van der Waals surface area contributed by atoms with Gasteiger partial charge in [-0.15, -0.1) is 0 Å². The summed E-state index contributed by atoms with van der Waals surface area (Å²) >= 11 is 1.38. The number of hydrogen-bond acceptors (Lipinski definition) is 7. The second-order valence-corrected chi connectivity index (χ2v) is 8.94. The molecule has 0 radical (unpaired) electrons. The van der Waals surface area contributed by atoms with Crippen LogP contribution in [0.3, 0.4) is 0 Å². The molecule has 2 heterocycles. The van der Waals surface area contributed by atoms with Crippen molar-refractivity contribution in [3.8, 4) is 5.69 Å². The van der Waals surface area contributed by atoms with Crippen LogP contribution in [0, 0.1) is 24.0 Å². The first kappa shape index (κ1) is 23.2. The summed E-state index contributed by atoms with van der Waals surface area (Å²) in [4.78, 5) is 43.6. The Balaban J connectivity index is 1.82. The summed E-state index contributed by atoms with van der Waals surface area (Å²) in [7, 11) is 0. The van der Waals surface area contributed by atoms with Crippen molar-refractivity contribution in [1.82, 2.24) is 14.8 Å². The molecule has 0 aliphatic carbocycles. The van der Waals surface area contributed by atoms with Crippen molar-refractivity contribution in [2.24, 2.45) is 0 Å². The highest BCUT2D eigenvalue weighted by molar-refractivity contribution is 7.22. The molecule has 0 fully saturated rings. The highest BCUT2D eigenvalue weighted by atomic mass is 32.1. The average molecular weight is 478 g/mol. The Morgan fingerprint density at radius 3 is 2.68 bits per heavy atom. The molecule has 0 atom stereocenters. The third-order valence-electron chi connectivity index (χ3n) is 5.36. The number of hydrogen-bond donors (Lipinski definition) is 0. The lowest BCUT2D eigenvalue weighted by atomic mass is 10.2. The SMILES string of the molecule is CCCCN(C(=O)c1nn(-c2ccccc2[N+](=O)[O-])c(C)cc1=O)c1nc2ccc(C)cc2s1. The molecule has 0 aliphatic heterocycles. The van der Waals surface area contributed by atoms with Gasteiger partial charge in [-0.25, -0.2) is 9.67 Å². The lowest BCUT2D eigenvalue weighted by Crippen LogP contribution is -2.37. The standard InChI is InChI=1S/C24H23N5O4S/c1-4-5-12-27(24-25-17-11-10-15(2)13-21(17)34-24)23(31)22-20(30)14-16(3)28(26-22)18-8-6-7-9-19(18)29(32)33/h6-11,13-14H,4-5,12H2,1-3H3. The van der Waals surface area contributed by atoms with Gasteiger partial charge in [0.1, 0.15) is 5.69 Å². The van der Waals surface area contributed by atoms with E-state index in [4.69, 9.17) is 0 Å². The van der Waals surface area contributed by atoms with Gasteiger partial charge in [-0.05, 0) is 44.0 Å². The van der Waals surface area contributed by atoms with Crippen LogP contribution >= 0.6 is 11.3 Å².